The topological polar surface area (TPSA) is 29.5 Å². The first kappa shape index (κ1) is 15.7. The molecule has 2 unspecified atom stereocenters. The van der Waals surface area contributed by atoms with Gasteiger partial charge in [-0.3, -0.25) is 0 Å². The number of thioether (sulfide) groups is 1. The molecule has 1 aromatic rings. The van der Waals surface area contributed by atoms with Crippen LogP contribution in [0.25, 0.3) is 0 Å². The van der Waals surface area contributed by atoms with Crippen molar-refractivity contribution in [3.8, 4) is 0 Å². The van der Waals surface area contributed by atoms with Gasteiger partial charge in [0.2, 0.25) is 0 Å². The molecule has 0 aromatic heterocycles. The third-order valence-electron chi connectivity index (χ3n) is 4.86. The minimum Gasteiger partial charge on any atom is -0.388 e. The zero-order valence-corrected chi connectivity index (χ0v) is 14.1. The zero-order chi connectivity index (χ0) is 14.9. The Kier molecular flexibility index (Phi) is 4.84. The maximum absolute atomic E-state index is 10.8. The summed E-state index contributed by atoms with van der Waals surface area (Å²) >= 11 is 8.34. The van der Waals surface area contributed by atoms with Crippen molar-refractivity contribution in [3.63, 3.8) is 0 Å². The summed E-state index contributed by atoms with van der Waals surface area (Å²) in [6.07, 6.45) is 3.62. The lowest BCUT2D eigenvalue weighted by atomic mass is 9.78. The van der Waals surface area contributed by atoms with Crippen LogP contribution in [0.15, 0.2) is 18.2 Å². The molecule has 1 N–H and O–H groups in total. The average Bonchev–Trinajstić information content (AvgIpc) is 2.47. The SMILES string of the molecule is Cc1ccc(C(O)C2CCOC3(CCSCC3)C2)c(Cl)c1. The maximum Gasteiger partial charge on any atom is 0.0834 e. The van der Waals surface area contributed by atoms with Crippen LogP contribution in [0, 0.1) is 12.8 Å². The molecule has 2 aliphatic rings. The van der Waals surface area contributed by atoms with Gasteiger partial charge in [0, 0.05) is 11.6 Å². The summed E-state index contributed by atoms with van der Waals surface area (Å²) < 4.78 is 6.11. The van der Waals surface area contributed by atoms with Gasteiger partial charge in [-0.15, -0.1) is 0 Å². The molecule has 0 amide bonds. The second-order valence-electron chi connectivity index (χ2n) is 6.37. The van der Waals surface area contributed by atoms with E-state index in [1.54, 1.807) is 0 Å². The zero-order valence-electron chi connectivity index (χ0n) is 12.5. The van der Waals surface area contributed by atoms with E-state index < -0.39 is 6.10 Å². The minimum absolute atomic E-state index is 0.00627. The molecule has 2 saturated heterocycles. The van der Waals surface area contributed by atoms with Crippen molar-refractivity contribution in [2.24, 2.45) is 5.92 Å². The third-order valence-corrected chi connectivity index (χ3v) is 6.17. The summed E-state index contributed by atoms with van der Waals surface area (Å²) in [5.41, 5.74) is 2.00. The van der Waals surface area contributed by atoms with Crippen LogP contribution < -0.4 is 0 Å². The van der Waals surface area contributed by atoms with Crippen molar-refractivity contribution >= 4 is 23.4 Å². The van der Waals surface area contributed by atoms with Gasteiger partial charge in [0.25, 0.3) is 0 Å². The number of aryl methyl sites for hydroxylation is 1. The summed E-state index contributed by atoms with van der Waals surface area (Å²) in [6, 6.07) is 5.93. The van der Waals surface area contributed by atoms with E-state index in [1.807, 2.05) is 36.9 Å². The van der Waals surface area contributed by atoms with Crippen LogP contribution >= 0.6 is 23.4 Å². The van der Waals surface area contributed by atoms with Gasteiger partial charge in [-0.05, 0) is 67.2 Å². The van der Waals surface area contributed by atoms with Crippen LogP contribution in [0.2, 0.25) is 5.02 Å². The van der Waals surface area contributed by atoms with E-state index in [1.165, 1.54) is 11.5 Å². The summed E-state index contributed by atoms with van der Waals surface area (Å²) in [5.74, 6) is 2.60. The number of halogens is 1. The molecular formula is C17H23ClO2S. The van der Waals surface area contributed by atoms with E-state index in [0.29, 0.717) is 5.02 Å². The third kappa shape index (κ3) is 3.42. The number of aliphatic hydroxyl groups excluding tert-OH is 1. The molecule has 2 heterocycles. The quantitative estimate of drug-likeness (QED) is 0.874. The molecule has 1 spiro atoms. The van der Waals surface area contributed by atoms with Gasteiger partial charge in [-0.25, -0.2) is 0 Å². The Morgan fingerprint density at radius 3 is 2.86 bits per heavy atom. The standard InChI is InChI=1S/C17H23ClO2S/c1-12-2-3-14(15(18)10-12)16(19)13-4-7-20-17(11-13)5-8-21-9-6-17/h2-3,10,13,16,19H,4-9,11H2,1H3. The first-order valence-electron chi connectivity index (χ1n) is 7.75. The fraction of sp³-hybridized carbons (Fsp3) is 0.647. The minimum atomic E-state index is -0.478. The van der Waals surface area contributed by atoms with Crippen molar-refractivity contribution in [1.82, 2.24) is 0 Å². The molecule has 1 aromatic carbocycles. The van der Waals surface area contributed by atoms with Gasteiger partial charge < -0.3 is 9.84 Å². The van der Waals surface area contributed by atoms with Crippen molar-refractivity contribution < 1.29 is 9.84 Å². The summed E-state index contributed by atoms with van der Waals surface area (Å²) in [5, 5.41) is 11.5. The van der Waals surface area contributed by atoms with E-state index >= 15 is 0 Å². The summed E-state index contributed by atoms with van der Waals surface area (Å²) in [6.45, 7) is 2.78. The smallest absolute Gasteiger partial charge is 0.0834 e. The van der Waals surface area contributed by atoms with E-state index in [0.717, 1.165) is 43.4 Å². The van der Waals surface area contributed by atoms with Crippen LogP contribution in [0.3, 0.4) is 0 Å². The van der Waals surface area contributed by atoms with Gasteiger partial charge in [0.1, 0.15) is 0 Å². The fourth-order valence-electron chi connectivity index (χ4n) is 3.55. The fourth-order valence-corrected chi connectivity index (χ4v) is 5.14. The normalized spacial score (nSPS) is 26.7. The first-order chi connectivity index (χ1) is 10.1. The van der Waals surface area contributed by atoms with Gasteiger partial charge in [0.05, 0.1) is 11.7 Å². The molecule has 3 rings (SSSR count). The van der Waals surface area contributed by atoms with Crippen LogP contribution in [0.1, 0.15) is 42.9 Å². The molecule has 4 heteroatoms. The second kappa shape index (κ2) is 6.49. The predicted octanol–water partition coefficient (Wildman–Crippen LogP) is 4.37. The molecule has 2 atom stereocenters. The Morgan fingerprint density at radius 1 is 1.38 bits per heavy atom. The van der Waals surface area contributed by atoms with Crippen molar-refractivity contribution in [3.05, 3.63) is 34.3 Å². The molecule has 2 aliphatic heterocycles. The summed E-state index contributed by atoms with van der Waals surface area (Å²) in [4.78, 5) is 0. The van der Waals surface area contributed by atoms with E-state index in [-0.39, 0.29) is 11.5 Å². The number of aliphatic hydroxyl groups is 1. The highest BCUT2D eigenvalue weighted by molar-refractivity contribution is 7.99. The molecule has 2 nitrogen and oxygen atoms in total. The Balaban J connectivity index is 1.76. The lowest BCUT2D eigenvalue weighted by molar-refractivity contribution is -0.121. The van der Waals surface area contributed by atoms with Gasteiger partial charge in [-0.2, -0.15) is 11.8 Å². The number of hydrogen-bond donors (Lipinski definition) is 1. The van der Waals surface area contributed by atoms with Crippen LogP contribution in [0.5, 0.6) is 0 Å². The van der Waals surface area contributed by atoms with E-state index in [4.69, 9.17) is 16.3 Å². The van der Waals surface area contributed by atoms with Gasteiger partial charge in [-0.1, -0.05) is 23.7 Å². The number of ether oxygens (including phenoxy) is 1. The number of rotatable bonds is 2. The molecular weight excluding hydrogens is 304 g/mol. The average molecular weight is 327 g/mol. The van der Waals surface area contributed by atoms with Crippen LogP contribution in [-0.2, 0) is 4.74 Å². The Labute approximate surface area is 136 Å². The molecule has 116 valence electrons. The second-order valence-corrected chi connectivity index (χ2v) is 8.00. The highest BCUT2D eigenvalue weighted by Crippen LogP contribution is 2.44. The van der Waals surface area contributed by atoms with Gasteiger partial charge >= 0.3 is 0 Å². The molecule has 21 heavy (non-hydrogen) atoms. The van der Waals surface area contributed by atoms with Crippen molar-refractivity contribution in [1.29, 1.82) is 0 Å². The molecule has 0 radical (unpaired) electrons. The van der Waals surface area contributed by atoms with Crippen LogP contribution in [-0.4, -0.2) is 28.8 Å². The molecule has 2 fully saturated rings. The predicted molar refractivity (Wildman–Crippen MR) is 89.1 cm³/mol. The van der Waals surface area contributed by atoms with E-state index in [2.05, 4.69) is 0 Å². The Hall–Kier alpha value is -0.220. The van der Waals surface area contributed by atoms with Crippen LogP contribution in [0.4, 0.5) is 0 Å². The largest absolute Gasteiger partial charge is 0.388 e. The molecule has 0 aliphatic carbocycles. The highest BCUT2D eigenvalue weighted by atomic mass is 35.5. The highest BCUT2D eigenvalue weighted by Gasteiger charge is 2.41. The van der Waals surface area contributed by atoms with Gasteiger partial charge in [0.15, 0.2) is 0 Å². The number of benzene rings is 1. The molecule has 0 bridgehead atoms. The Morgan fingerprint density at radius 2 is 2.14 bits per heavy atom. The first-order valence-corrected chi connectivity index (χ1v) is 9.29. The monoisotopic (exact) mass is 326 g/mol. The molecule has 0 saturated carbocycles. The van der Waals surface area contributed by atoms with Crippen molar-refractivity contribution in [2.75, 3.05) is 18.1 Å². The lowest BCUT2D eigenvalue weighted by Crippen LogP contribution is -2.44. The Bertz CT molecular complexity index is 494. The number of hydrogen-bond acceptors (Lipinski definition) is 3. The maximum atomic E-state index is 10.8. The van der Waals surface area contributed by atoms with Crippen molar-refractivity contribution in [2.45, 2.75) is 44.3 Å². The lowest BCUT2D eigenvalue weighted by Gasteiger charge is -2.44. The summed E-state index contributed by atoms with van der Waals surface area (Å²) in [7, 11) is 0. The van der Waals surface area contributed by atoms with E-state index in [9.17, 15) is 5.11 Å².